The number of hydrogen-bond donors (Lipinski definition) is 1. The van der Waals surface area contributed by atoms with Crippen LogP contribution in [0, 0.1) is 0 Å². The van der Waals surface area contributed by atoms with Crippen LogP contribution in [0.3, 0.4) is 0 Å². The number of amides is 1. The second-order valence-electron chi connectivity index (χ2n) is 2.98. The van der Waals surface area contributed by atoms with Gasteiger partial charge in [0.2, 0.25) is 0 Å². The van der Waals surface area contributed by atoms with Gasteiger partial charge in [-0.2, -0.15) is 0 Å². The largest absolute Gasteiger partial charge is 0.465 e. The predicted octanol–water partition coefficient (Wildman–Crippen LogP) is 3.02. The lowest BCUT2D eigenvalue weighted by atomic mass is 10.2. The number of carbonyl (C=O) groups is 1. The average Bonchev–Trinajstić information content (AvgIpc) is 2.62. The van der Waals surface area contributed by atoms with Crippen LogP contribution in [-0.4, -0.2) is 18.2 Å². The van der Waals surface area contributed by atoms with Gasteiger partial charge in [0.25, 0.3) is 0 Å². The van der Waals surface area contributed by atoms with Crippen LogP contribution >= 0.6 is 11.3 Å². The topological polar surface area (TPSA) is 40.5 Å². The minimum Gasteiger partial charge on any atom is -0.465 e. The fourth-order valence-electron chi connectivity index (χ4n) is 1.26. The van der Waals surface area contributed by atoms with E-state index in [-0.39, 0.29) is 0 Å². The van der Waals surface area contributed by atoms with Crippen LogP contribution < -0.4 is 4.90 Å². The van der Waals surface area contributed by atoms with Gasteiger partial charge in [-0.05, 0) is 29.0 Å². The molecule has 1 heterocycles. The lowest BCUT2D eigenvalue weighted by molar-refractivity contribution is 0.203. The molecule has 72 valence electrons. The smallest absolute Gasteiger partial charge is 0.411 e. The summed E-state index contributed by atoms with van der Waals surface area (Å²) in [5.41, 5.74) is 0.701. The SMILES string of the molecule is CN(C(=O)O)c1ccc2ccsc2c1. The molecule has 0 saturated heterocycles. The molecule has 0 radical (unpaired) electrons. The third-order valence-corrected chi connectivity index (χ3v) is 2.99. The Morgan fingerprint density at radius 1 is 1.43 bits per heavy atom. The van der Waals surface area contributed by atoms with Gasteiger partial charge in [0.05, 0.1) is 0 Å². The zero-order valence-corrected chi connectivity index (χ0v) is 8.41. The lowest BCUT2D eigenvalue weighted by Crippen LogP contribution is -2.23. The Labute approximate surface area is 85.2 Å². The Kier molecular flexibility index (Phi) is 2.13. The first-order valence-corrected chi connectivity index (χ1v) is 5.00. The zero-order chi connectivity index (χ0) is 10.1. The summed E-state index contributed by atoms with van der Waals surface area (Å²) < 4.78 is 1.11. The molecule has 4 heteroatoms. The van der Waals surface area contributed by atoms with Crippen molar-refractivity contribution in [3.63, 3.8) is 0 Å². The van der Waals surface area contributed by atoms with Crippen LogP contribution in [0.25, 0.3) is 10.1 Å². The molecule has 1 N–H and O–H groups in total. The maximum atomic E-state index is 10.7. The molecule has 0 aliphatic heterocycles. The van der Waals surface area contributed by atoms with Crippen LogP contribution in [0.15, 0.2) is 29.6 Å². The number of anilines is 1. The second kappa shape index (κ2) is 3.31. The van der Waals surface area contributed by atoms with Crippen molar-refractivity contribution in [3.05, 3.63) is 29.6 Å². The Morgan fingerprint density at radius 2 is 2.21 bits per heavy atom. The van der Waals surface area contributed by atoms with Gasteiger partial charge >= 0.3 is 6.09 Å². The predicted molar refractivity (Wildman–Crippen MR) is 58.3 cm³/mol. The average molecular weight is 207 g/mol. The van der Waals surface area contributed by atoms with Crippen molar-refractivity contribution in [1.82, 2.24) is 0 Å². The Hall–Kier alpha value is -1.55. The monoisotopic (exact) mass is 207 g/mol. The second-order valence-corrected chi connectivity index (χ2v) is 3.93. The van der Waals surface area contributed by atoms with E-state index in [1.165, 1.54) is 11.9 Å². The first-order chi connectivity index (χ1) is 6.68. The minimum atomic E-state index is -0.944. The van der Waals surface area contributed by atoms with Crippen molar-refractivity contribution < 1.29 is 9.90 Å². The Morgan fingerprint density at radius 3 is 2.93 bits per heavy atom. The van der Waals surface area contributed by atoms with Gasteiger partial charge in [0, 0.05) is 17.4 Å². The van der Waals surface area contributed by atoms with E-state index in [0.717, 1.165) is 10.1 Å². The molecule has 1 aromatic heterocycles. The minimum absolute atomic E-state index is 0.701. The van der Waals surface area contributed by atoms with E-state index in [2.05, 4.69) is 0 Å². The fraction of sp³-hybridized carbons (Fsp3) is 0.100. The van der Waals surface area contributed by atoms with E-state index in [0.29, 0.717) is 5.69 Å². The highest BCUT2D eigenvalue weighted by atomic mass is 32.1. The van der Waals surface area contributed by atoms with Gasteiger partial charge in [0.1, 0.15) is 0 Å². The van der Waals surface area contributed by atoms with Crippen LogP contribution in [0.1, 0.15) is 0 Å². The normalized spacial score (nSPS) is 10.4. The fourth-order valence-corrected chi connectivity index (χ4v) is 2.08. The van der Waals surface area contributed by atoms with Crippen LogP contribution in [0.4, 0.5) is 10.5 Å². The van der Waals surface area contributed by atoms with Crippen LogP contribution in [0.5, 0.6) is 0 Å². The van der Waals surface area contributed by atoms with Gasteiger partial charge in [-0.1, -0.05) is 6.07 Å². The van der Waals surface area contributed by atoms with E-state index < -0.39 is 6.09 Å². The molecule has 2 aromatic rings. The zero-order valence-electron chi connectivity index (χ0n) is 7.60. The van der Waals surface area contributed by atoms with Crippen LogP contribution in [-0.2, 0) is 0 Å². The molecule has 1 amide bonds. The maximum absolute atomic E-state index is 10.7. The number of fused-ring (bicyclic) bond motifs is 1. The summed E-state index contributed by atoms with van der Waals surface area (Å²) in [5, 5.41) is 11.9. The molecular formula is C10H9NO2S. The summed E-state index contributed by atoms with van der Waals surface area (Å²) in [7, 11) is 1.54. The maximum Gasteiger partial charge on any atom is 0.411 e. The van der Waals surface area contributed by atoms with Crippen molar-refractivity contribution in [2.24, 2.45) is 0 Å². The molecule has 0 fully saturated rings. The molecule has 14 heavy (non-hydrogen) atoms. The highest BCUT2D eigenvalue weighted by Crippen LogP contribution is 2.25. The Bertz CT molecular complexity index is 478. The molecule has 3 nitrogen and oxygen atoms in total. The molecule has 0 aliphatic rings. The molecule has 0 bridgehead atoms. The number of hydrogen-bond acceptors (Lipinski definition) is 2. The highest BCUT2D eigenvalue weighted by molar-refractivity contribution is 7.17. The molecule has 0 atom stereocenters. The van der Waals surface area contributed by atoms with Crippen molar-refractivity contribution in [2.45, 2.75) is 0 Å². The lowest BCUT2D eigenvalue weighted by Gasteiger charge is -2.12. The van der Waals surface area contributed by atoms with E-state index >= 15 is 0 Å². The molecular weight excluding hydrogens is 198 g/mol. The molecule has 2 rings (SSSR count). The summed E-state index contributed by atoms with van der Waals surface area (Å²) in [5.74, 6) is 0. The van der Waals surface area contributed by atoms with Gasteiger partial charge in [-0.25, -0.2) is 4.79 Å². The summed E-state index contributed by atoms with van der Waals surface area (Å²) in [4.78, 5) is 11.9. The van der Waals surface area contributed by atoms with E-state index in [9.17, 15) is 4.79 Å². The van der Waals surface area contributed by atoms with Gasteiger partial charge in [-0.3, -0.25) is 4.90 Å². The summed E-state index contributed by atoms with van der Waals surface area (Å²) >= 11 is 1.61. The third-order valence-electron chi connectivity index (χ3n) is 2.11. The molecule has 0 saturated carbocycles. The van der Waals surface area contributed by atoms with E-state index in [1.54, 1.807) is 11.3 Å². The number of rotatable bonds is 1. The summed E-state index contributed by atoms with van der Waals surface area (Å²) in [6, 6.07) is 7.64. The number of carboxylic acid groups (broad SMARTS) is 1. The number of benzene rings is 1. The van der Waals surface area contributed by atoms with E-state index in [4.69, 9.17) is 5.11 Å². The summed E-state index contributed by atoms with van der Waals surface area (Å²) in [6.07, 6.45) is -0.944. The summed E-state index contributed by atoms with van der Waals surface area (Å²) in [6.45, 7) is 0. The number of nitrogens with zero attached hydrogens (tertiary/aromatic N) is 1. The van der Waals surface area contributed by atoms with Crippen LogP contribution in [0.2, 0.25) is 0 Å². The molecule has 0 unspecified atom stereocenters. The number of thiophene rings is 1. The van der Waals surface area contributed by atoms with Crippen molar-refractivity contribution >= 4 is 33.2 Å². The van der Waals surface area contributed by atoms with E-state index in [1.807, 2.05) is 29.6 Å². The first-order valence-electron chi connectivity index (χ1n) is 4.12. The van der Waals surface area contributed by atoms with Crippen molar-refractivity contribution in [3.8, 4) is 0 Å². The molecule has 1 aromatic carbocycles. The molecule has 0 spiro atoms. The molecule has 0 aliphatic carbocycles. The standard InChI is InChI=1S/C10H9NO2S/c1-11(10(12)13)8-3-2-7-4-5-14-9(7)6-8/h2-6H,1H3,(H,12,13). The Balaban J connectivity index is 2.48. The van der Waals surface area contributed by atoms with Crippen molar-refractivity contribution in [1.29, 1.82) is 0 Å². The quantitative estimate of drug-likeness (QED) is 0.780. The highest BCUT2D eigenvalue weighted by Gasteiger charge is 2.08. The van der Waals surface area contributed by atoms with Gasteiger partial charge in [-0.15, -0.1) is 11.3 Å². The third kappa shape index (κ3) is 1.44. The first kappa shape index (κ1) is 9.02. The van der Waals surface area contributed by atoms with Crippen molar-refractivity contribution in [2.75, 3.05) is 11.9 Å². The van der Waals surface area contributed by atoms with Gasteiger partial charge in [0.15, 0.2) is 0 Å². The van der Waals surface area contributed by atoms with Gasteiger partial charge < -0.3 is 5.11 Å².